The summed E-state index contributed by atoms with van der Waals surface area (Å²) in [6.45, 7) is 7.15. The van der Waals surface area contributed by atoms with Crippen LogP contribution in [0, 0.1) is 18.8 Å². The molecule has 2 bridgehead atoms. The number of ether oxygens (including phenoxy) is 1. The van der Waals surface area contributed by atoms with Crippen molar-refractivity contribution in [1.82, 2.24) is 40.2 Å². The lowest BCUT2D eigenvalue weighted by Crippen LogP contribution is -2.52. The van der Waals surface area contributed by atoms with Crippen LogP contribution in [-0.4, -0.2) is 60.0 Å². The first-order valence-electron chi connectivity index (χ1n) is 14.0. The van der Waals surface area contributed by atoms with Crippen molar-refractivity contribution in [3.63, 3.8) is 0 Å². The molecule has 3 atom stereocenters. The fourth-order valence-electron chi connectivity index (χ4n) is 6.12. The Hall–Kier alpha value is -5.13. The first kappa shape index (κ1) is 25.8. The molecule has 2 aliphatic rings. The molecule has 12 nitrogen and oxygen atoms in total. The molecule has 7 rings (SSSR count). The van der Waals surface area contributed by atoms with Crippen LogP contribution in [0.4, 0.5) is 17.5 Å². The quantitative estimate of drug-likeness (QED) is 0.280. The summed E-state index contributed by atoms with van der Waals surface area (Å²) in [6.07, 6.45) is 6.74. The van der Waals surface area contributed by atoms with Gasteiger partial charge in [-0.05, 0) is 73.6 Å². The zero-order chi connectivity index (χ0) is 28.8. The number of nitrogens with zero attached hydrogens (tertiary/aromatic N) is 8. The minimum atomic E-state index is -0.112. The van der Waals surface area contributed by atoms with Crippen molar-refractivity contribution >= 4 is 45.4 Å². The van der Waals surface area contributed by atoms with E-state index in [0.29, 0.717) is 40.4 Å². The van der Waals surface area contributed by atoms with Crippen LogP contribution in [-0.2, 0) is 11.8 Å². The van der Waals surface area contributed by atoms with Crippen LogP contribution in [0.3, 0.4) is 0 Å². The molecular weight excluding hydrogens is 532 g/mol. The fraction of sp³-hybridized carbons (Fsp3) is 0.300. The van der Waals surface area contributed by atoms with E-state index in [4.69, 9.17) is 9.72 Å². The number of hydrogen-bond donors (Lipinski definition) is 2. The maximum atomic E-state index is 11.9. The molecule has 1 amide bonds. The van der Waals surface area contributed by atoms with Crippen molar-refractivity contribution in [1.29, 1.82) is 0 Å². The van der Waals surface area contributed by atoms with Gasteiger partial charge in [-0.1, -0.05) is 11.8 Å². The lowest BCUT2D eigenvalue weighted by atomic mass is 9.92. The minimum absolute atomic E-state index is 0.112. The maximum absolute atomic E-state index is 11.9. The summed E-state index contributed by atoms with van der Waals surface area (Å²) in [5, 5.41) is 14.8. The largest absolute Gasteiger partial charge is 0.457 e. The van der Waals surface area contributed by atoms with E-state index in [1.807, 2.05) is 50.4 Å². The Kier molecular flexibility index (Phi) is 6.37. The van der Waals surface area contributed by atoms with Gasteiger partial charge in [-0.2, -0.15) is 0 Å². The molecule has 5 aromatic rings. The van der Waals surface area contributed by atoms with E-state index in [-0.39, 0.29) is 11.9 Å². The van der Waals surface area contributed by atoms with E-state index in [2.05, 4.69) is 47.4 Å². The van der Waals surface area contributed by atoms with E-state index in [9.17, 15) is 4.79 Å². The first-order valence-corrected chi connectivity index (χ1v) is 14.0. The van der Waals surface area contributed by atoms with Gasteiger partial charge in [0.15, 0.2) is 5.82 Å². The molecule has 42 heavy (non-hydrogen) atoms. The number of amides is 1. The van der Waals surface area contributed by atoms with E-state index in [1.165, 1.54) is 12.4 Å². The monoisotopic (exact) mass is 562 g/mol. The van der Waals surface area contributed by atoms with Crippen LogP contribution in [0.1, 0.15) is 18.4 Å². The summed E-state index contributed by atoms with van der Waals surface area (Å²) in [5.74, 6) is 3.26. The second-order valence-corrected chi connectivity index (χ2v) is 10.9. The second-order valence-electron chi connectivity index (χ2n) is 10.9. The van der Waals surface area contributed by atoms with Gasteiger partial charge in [0.2, 0.25) is 11.9 Å². The number of rotatable bonds is 7. The number of hydrogen-bond acceptors (Lipinski definition) is 10. The highest BCUT2D eigenvalue weighted by Crippen LogP contribution is 2.38. The van der Waals surface area contributed by atoms with Gasteiger partial charge in [0.1, 0.15) is 34.4 Å². The minimum Gasteiger partial charge on any atom is -0.457 e. The molecule has 1 aliphatic carbocycles. The Balaban J connectivity index is 1.10. The van der Waals surface area contributed by atoms with Crippen molar-refractivity contribution in [2.24, 2.45) is 18.9 Å². The third-order valence-corrected chi connectivity index (χ3v) is 8.22. The first-order chi connectivity index (χ1) is 20.4. The van der Waals surface area contributed by atoms with Crippen LogP contribution in [0.15, 0.2) is 61.6 Å². The van der Waals surface area contributed by atoms with Crippen LogP contribution in [0.25, 0.3) is 22.1 Å². The smallest absolute Gasteiger partial charge is 0.243 e. The van der Waals surface area contributed by atoms with Crippen molar-refractivity contribution in [2.45, 2.75) is 25.8 Å². The number of nitrogens with one attached hydrogen (secondary N) is 2. The van der Waals surface area contributed by atoms with Crippen molar-refractivity contribution in [3.8, 4) is 11.5 Å². The summed E-state index contributed by atoms with van der Waals surface area (Å²) in [5.41, 5.74) is 4.82. The Morgan fingerprint density at radius 1 is 1.07 bits per heavy atom. The molecule has 1 saturated carbocycles. The van der Waals surface area contributed by atoms with Gasteiger partial charge in [-0.25, -0.2) is 24.6 Å². The molecule has 2 N–H and O–H groups in total. The predicted molar refractivity (Wildman–Crippen MR) is 159 cm³/mol. The standard InChI is InChI=1S/C30H30N10O2/c1-4-26(41)35-27-18-5-6-19(27)15-40(14-18)30-31-13-23-28(36-30)29(33-16-32-23)34-20-7-10-25(17(2)11-20)42-21-8-9-24-22(12-21)37-38-39(24)3/h4,7-13,16,18-19,27H,1,5-6,14-15H2,2-3H3,(H,35,41)(H,32,33,34)/t18-,19+,27?. The third kappa shape index (κ3) is 4.74. The van der Waals surface area contributed by atoms with Crippen molar-refractivity contribution in [3.05, 3.63) is 67.1 Å². The number of anilines is 3. The fourth-order valence-corrected chi connectivity index (χ4v) is 6.12. The molecule has 12 heteroatoms. The van der Waals surface area contributed by atoms with Crippen molar-refractivity contribution in [2.75, 3.05) is 23.3 Å². The summed E-state index contributed by atoms with van der Waals surface area (Å²) in [6, 6.07) is 11.8. The lowest BCUT2D eigenvalue weighted by molar-refractivity contribution is -0.117. The molecule has 3 aromatic heterocycles. The van der Waals surface area contributed by atoms with Crippen LogP contribution >= 0.6 is 0 Å². The topological polar surface area (TPSA) is 136 Å². The average Bonchev–Trinajstić information content (AvgIpc) is 3.46. The Labute approximate surface area is 241 Å². The second kappa shape index (κ2) is 10.4. The Bertz CT molecular complexity index is 1820. The van der Waals surface area contributed by atoms with Gasteiger partial charge < -0.3 is 20.3 Å². The number of piperidine rings is 1. The van der Waals surface area contributed by atoms with Gasteiger partial charge in [0.25, 0.3) is 0 Å². The third-order valence-electron chi connectivity index (χ3n) is 8.22. The zero-order valence-electron chi connectivity index (χ0n) is 23.4. The predicted octanol–water partition coefficient (Wildman–Crippen LogP) is 4.06. The number of aromatic nitrogens is 7. The number of carbonyl (C=O) groups excluding carboxylic acids is 1. The molecule has 1 saturated heterocycles. The van der Waals surface area contributed by atoms with Gasteiger partial charge in [0, 0.05) is 37.9 Å². The highest BCUT2D eigenvalue weighted by atomic mass is 16.5. The number of benzene rings is 2. The maximum Gasteiger partial charge on any atom is 0.243 e. The number of aryl methyl sites for hydroxylation is 2. The molecular formula is C30H30N10O2. The highest BCUT2D eigenvalue weighted by Gasteiger charge is 2.43. The molecule has 4 heterocycles. The summed E-state index contributed by atoms with van der Waals surface area (Å²) in [7, 11) is 1.86. The normalized spacial score (nSPS) is 19.7. The van der Waals surface area contributed by atoms with Crippen LogP contribution < -0.4 is 20.3 Å². The summed E-state index contributed by atoms with van der Waals surface area (Å²) >= 11 is 0. The molecule has 2 aromatic carbocycles. The Morgan fingerprint density at radius 2 is 1.90 bits per heavy atom. The molecule has 2 fully saturated rings. The SMILES string of the molecule is C=CC(=O)NC1[C@@H]2CC[C@H]1CN(c1ncc3ncnc(Nc4ccc(Oc5ccc6c(c5)nnn6C)c(C)c4)c3n1)C2. The van der Waals surface area contributed by atoms with Crippen molar-refractivity contribution < 1.29 is 9.53 Å². The molecule has 1 aliphatic heterocycles. The summed E-state index contributed by atoms with van der Waals surface area (Å²) in [4.78, 5) is 32.6. The summed E-state index contributed by atoms with van der Waals surface area (Å²) < 4.78 is 7.89. The van der Waals surface area contributed by atoms with E-state index >= 15 is 0 Å². The average molecular weight is 563 g/mol. The Morgan fingerprint density at radius 3 is 2.69 bits per heavy atom. The molecule has 212 valence electrons. The van der Waals surface area contributed by atoms with Gasteiger partial charge in [0.05, 0.1) is 11.7 Å². The van der Waals surface area contributed by atoms with E-state index in [0.717, 1.165) is 54.0 Å². The molecule has 1 unspecified atom stereocenters. The highest BCUT2D eigenvalue weighted by molar-refractivity contribution is 5.88. The van der Waals surface area contributed by atoms with E-state index in [1.54, 1.807) is 10.9 Å². The van der Waals surface area contributed by atoms with Crippen LogP contribution in [0.5, 0.6) is 11.5 Å². The van der Waals surface area contributed by atoms with Gasteiger partial charge >= 0.3 is 0 Å². The lowest BCUT2D eigenvalue weighted by Gasteiger charge is -2.38. The van der Waals surface area contributed by atoms with E-state index < -0.39 is 0 Å². The number of fused-ring (bicyclic) bond motifs is 4. The van der Waals surface area contributed by atoms with Gasteiger partial charge in [-0.3, -0.25) is 4.79 Å². The molecule has 0 spiro atoms. The van der Waals surface area contributed by atoms with Crippen LogP contribution in [0.2, 0.25) is 0 Å². The van der Waals surface area contributed by atoms with Gasteiger partial charge in [-0.15, -0.1) is 5.10 Å². The zero-order valence-corrected chi connectivity index (χ0v) is 23.4. The number of carbonyl (C=O) groups is 1. The molecule has 0 radical (unpaired) electrons.